The van der Waals surface area contributed by atoms with Crippen molar-refractivity contribution in [3.63, 3.8) is 0 Å². The van der Waals surface area contributed by atoms with E-state index >= 15 is 0 Å². The number of nitrogens with one attached hydrogen (secondary N) is 2. The van der Waals surface area contributed by atoms with E-state index < -0.39 is 0 Å². The molecule has 2 N–H and O–H groups in total. The van der Waals surface area contributed by atoms with Gasteiger partial charge in [0.05, 0.1) is 10.7 Å². The maximum atomic E-state index is 12.2. The normalized spacial score (nSPS) is 10.5. The van der Waals surface area contributed by atoms with Gasteiger partial charge in [-0.05, 0) is 60.7 Å². The van der Waals surface area contributed by atoms with Gasteiger partial charge in [0.15, 0.2) is 6.61 Å². The number of ether oxygens (including phenoxy) is 1. The van der Waals surface area contributed by atoms with Crippen LogP contribution in [-0.4, -0.2) is 12.5 Å². The second kappa shape index (κ2) is 10.1. The molecular weight excluding hydrogens is 454 g/mol. The largest absolute Gasteiger partial charge is 0.483 e. The lowest BCUT2D eigenvalue weighted by Crippen LogP contribution is -2.20. The van der Waals surface area contributed by atoms with Crippen molar-refractivity contribution in [1.29, 1.82) is 0 Å². The Kier molecular flexibility index (Phi) is 7.51. The average Bonchev–Trinajstić information content (AvgIpc) is 2.68. The van der Waals surface area contributed by atoms with Gasteiger partial charge in [-0.2, -0.15) is 0 Å². The first kappa shape index (κ1) is 21.6. The maximum Gasteiger partial charge on any atom is 0.262 e. The Morgan fingerprint density at radius 3 is 2.21 bits per heavy atom. The van der Waals surface area contributed by atoms with Crippen LogP contribution in [0.5, 0.6) is 5.75 Å². The van der Waals surface area contributed by atoms with Crippen LogP contribution in [-0.2, 0) is 11.3 Å². The second-order valence-electron chi connectivity index (χ2n) is 6.07. The highest BCUT2D eigenvalue weighted by Gasteiger charge is 2.10. The van der Waals surface area contributed by atoms with Gasteiger partial charge in [0.25, 0.3) is 5.91 Å². The first-order valence-electron chi connectivity index (χ1n) is 8.56. The van der Waals surface area contributed by atoms with E-state index in [-0.39, 0.29) is 12.5 Å². The monoisotopic (exact) mass is 468 g/mol. The number of hydrogen-bond donors (Lipinski definition) is 2. The zero-order valence-corrected chi connectivity index (χ0v) is 18.0. The van der Waals surface area contributed by atoms with E-state index in [2.05, 4.69) is 10.6 Å². The van der Waals surface area contributed by atoms with E-state index in [9.17, 15) is 4.79 Å². The van der Waals surface area contributed by atoms with Crippen LogP contribution >= 0.6 is 46.4 Å². The lowest BCUT2D eigenvalue weighted by Gasteiger charge is -2.14. The molecule has 3 aromatic carbocycles. The van der Waals surface area contributed by atoms with Crippen LogP contribution in [0.2, 0.25) is 20.1 Å². The minimum Gasteiger partial charge on any atom is -0.483 e. The first-order valence-corrected chi connectivity index (χ1v) is 10.1. The predicted octanol–water partition coefficient (Wildman–Crippen LogP) is 6.93. The molecule has 4 nitrogen and oxygen atoms in total. The van der Waals surface area contributed by atoms with Crippen molar-refractivity contribution in [1.82, 2.24) is 0 Å². The summed E-state index contributed by atoms with van der Waals surface area (Å²) in [5.74, 6) is 0.250. The zero-order chi connectivity index (χ0) is 20.8. The fourth-order valence-electron chi connectivity index (χ4n) is 2.52. The molecule has 0 heterocycles. The lowest BCUT2D eigenvalue weighted by molar-refractivity contribution is -0.118. The molecule has 0 saturated heterocycles. The number of carbonyl (C=O) groups excluding carboxylic acids is 1. The van der Waals surface area contributed by atoms with Crippen LogP contribution in [0.1, 0.15) is 5.56 Å². The standard InChI is InChI=1S/C21H16Cl4N2O2/c22-14-1-5-17(6-2-14)27-21(28)12-29-20-8-4-15(23)9-13(20)11-26-19-7-3-16(24)10-18(19)25/h1-10,26H,11-12H2,(H,27,28). The van der Waals surface area contributed by atoms with Gasteiger partial charge >= 0.3 is 0 Å². The average molecular weight is 470 g/mol. The number of amides is 1. The van der Waals surface area contributed by atoms with E-state index in [1.54, 1.807) is 60.7 Å². The Balaban J connectivity index is 1.63. The van der Waals surface area contributed by atoms with Crippen LogP contribution in [0.4, 0.5) is 11.4 Å². The van der Waals surface area contributed by atoms with E-state index in [1.807, 2.05) is 0 Å². The summed E-state index contributed by atoms with van der Waals surface area (Å²) in [6.07, 6.45) is 0. The van der Waals surface area contributed by atoms with Crippen LogP contribution in [0, 0.1) is 0 Å². The van der Waals surface area contributed by atoms with Crippen molar-refractivity contribution < 1.29 is 9.53 Å². The summed E-state index contributed by atoms with van der Waals surface area (Å²) in [4.78, 5) is 12.2. The van der Waals surface area contributed by atoms with Gasteiger partial charge < -0.3 is 15.4 Å². The van der Waals surface area contributed by atoms with E-state index in [0.29, 0.717) is 38.1 Å². The number of hydrogen-bond acceptors (Lipinski definition) is 3. The van der Waals surface area contributed by atoms with E-state index in [4.69, 9.17) is 51.1 Å². The Morgan fingerprint density at radius 1 is 0.828 bits per heavy atom. The maximum absolute atomic E-state index is 12.2. The Hall–Kier alpha value is -2.11. The molecule has 3 rings (SSSR count). The molecule has 0 aliphatic rings. The summed E-state index contributed by atoms with van der Waals surface area (Å²) in [5, 5.41) is 8.17. The third-order valence-corrected chi connectivity index (χ3v) is 4.94. The van der Waals surface area contributed by atoms with Gasteiger partial charge in [-0.1, -0.05) is 46.4 Å². The van der Waals surface area contributed by atoms with Crippen LogP contribution in [0.3, 0.4) is 0 Å². The third-order valence-electron chi connectivity index (χ3n) is 3.91. The highest BCUT2D eigenvalue weighted by molar-refractivity contribution is 6.36. The summed E-state index contributed by atoms with van der Waals surface area (Å²) in [6.45, 7) is 0.245. The number of anilines is 2. The van der Waals surface area contributed by atoms with Gasteiger partial charge in [-0.3, -0.25) is 4.79 Å². The Bertz CT molecular complexity index is 1010. The fourth-order valence-corrected chi connectivity index (χ4v) is 3.32. The molecule has 1 amide bonds. The SMILES string of the molecule is O=C(COc1ccc(Cl)cc1CNc1ccc(Cl)cc1Cl)Nc1ccc(Cl)cc1. The van der Waals surface area contributed by atoms with Crippen molar-refractivity contribution in [3.05, 3.63) is 86.3 Å². The zero-order valence-electron chi connectivity index (χ0n) is 15.0. The number of halogens is 4. The molecule has 3 aromatic rings. The molecule has 0 aromatic heterocycles. The smallest absolute Gasteiger partial charge is 0.262 e. The summed E-state index contributed by atoms with van der Waals surface area (Å²) < 4.78 is 5.70. The lowest BCUT2D eigenvalue weighted by atomic mass is 10.2. The molecule has 29 heavy (non-hydrogen) atoms. The van der Waals surface area contributed by atoms with E-state index in [0.717, 1.165) is 11.3 Å². The topological polar surface area (TPSA) is 50.4 Å². The first-order chi connectivity index (χ1) is 13.9. The van der Waals surface area contributed by atoms with Crippen molar-refractivity contribution in [3.8, 4) is 5.75 Å². The minimum absolute atomic E-state index is 0.154. The molecule has 0 fully saturated rings. The predicted molar refractivity (Wildman–Crippen MR) is 121 cm³/mol. The molecular formula is C21H16Cl4N2O2. The summed E-state index contributed by atoms with van der Waals surface area (Å²) in [7, 11) is 0. The molecule has 150 valence electrons. The third kappa shape index (κ3) is 6.44. The van der Waals surface area contributed by atoms with E-state index in [1.165, 1.54) is 0 Å². The second-order valence-corrected chi connectivity index (χ2v) is 7.79. The van der Waals surface area contributed by atoms with Gasteiger partial charge in [0.1, 0.15) is 5.75 Å². The van der Waals surface area contributed by atoms with Gasteiger partial charge in [-0.15, -0.1) is 0 Å². The summed E-state index contributed by atoms with van der Waals surface area (Å²) >= 11 is 24.1. The molecule has 0 bridgehead atoms. The minimum atomic E-state index is -0.290. The summed E-state index contributed by atoms with van der Waals surface area (Å²) in [6, 6.07) is 17.2. The van der Waals surface area contributed by atoms with Gasteiger partial charge in [-0.25, -0.2) is 0 Å². The molecule has 0 saturated carbocycles. The molecule has 8 heteroatoms. The van der Waals surface area contributed by atoms with Crippen molar-refractivity contribution in [2.75, 3.05) is 17.2 Å². The molecule has 0 aliphatic heterocycles. The van der Waals surface area contributed by atoms with Gasteiger partial charge in [0, 0.05) is 32.9 Å². The summed E-state index contributed by atoms with van der Waals surface area (Å²) in [5.41, 5.74) is 2.14. The number of carbonyl (C=O) groups is 1. The van der Waals surface area contributed by atoms with Crippen molar-refractivity contribution in [2.24, 2.45) is 0 Å². The van der Waals surface area contributed by atoms with Crippen molar-refractivity contribution in [2.45, 2.75) is 6.54 Å². The molecule has 0 radical (unpaired) electrons. The highest BCUT2D eigenvalue weighted by Crippen LogP contribution is 2.28. The molecule has 0 spiro atoms. The van der Waals surface area contributed by atoms with Crippen LogP contribution in [0.15, 0.2) is 60.7 Å². The fraction of sp³-hybridized carbons (Fsp3) is 0.0952. The van der Waals surface area contributed by atoms with Gasteiger partial charge in [0.2, 0.25) is 0 Å². The van der Waals surface area contributed by atoms with Crippen molar-refractivity contribution >= 4 is 63.7 Å². The Labute approximate surface area is 188 Å². The van der Waals surface area contributed by atoms with Crippen LogP contribution in [0.25, 0.3) is 0 Å². The Morgan fingerprint density at radius 2 is 1.48 bits per heavy atom. The molecule has 0 aliphatic carbocycles. The number of benzene rings is 3. The highest BCUT2D eigenvalue weighted by atomic mass is 35.5. The molecule has 0 atom stereocenters. The quantitative estimate of drug-likeness (QED) is 0.394. The number of rotatable bonds is 7. The molecule has 0 unspecified atom stereocenters. The van der Waals surface area contributed by atoms with Crippen LogP contribution < -0.4 is 15.4 Å².